The first-order valence-electron chi connectivity index (χ1n) is 9.70. The summed E-state index contributed by atoms with van der Waals surface area (Å²) in [5.41, 5.74) is 1.42. The molecule has 3 aromatic carbocycles. The lowest BCUT2D eigenvalue weighted by molar-refractivity contribution is -0.384. The van der Waals surface area contributed by atoms with Crippen LogP contribution < -0.4 is 20.1 Å². The lowest BCUT2D eigenvalue weighted by Crippen LogP contribution is -2.14. The van der Waals surface area contributed by atoms with Crippen molar-refractivity contribution < 1.29 is 24.0 Å². The van der Waals surface area contributed by atoms with E-state index >= 15 is 0 Å². The largest absolute Gasteiger partial charge is 0.493 e. The predicted molar refractivity (Wildman–Crippen MR) is 126 cm³/mol. The second-order valence-electron chi connectivity index (χ2n) is 6.69. The molecule has 0 spiro atoms. The Labute approximate surface area is 194 Å². The topological polar surface area (TPSA) is 120 Å². The van der Waals surface area contributed by atoms with Crippen LogP contribution in [-0.4, -0.2) is 36.7 Å². The van der Waals surface area contributed by atoms with Gasteiger partial charge in [0.05, 0.1) is 24.9 Å². The first-order chi connectivity index (χ1) is 15.9. The smallest absolute Gasteiger partial charge is 0.269 e. The molecule has 10 heteroatoms. The van der Waals surface area contributed by atoms with Crippen LogP contribution in [0, 0.1) is 10.1 Å². The SMILES string of the molecule is COc1ccc(C(=O)Nc2cccc(SCC(=O)Nc3ccc([N+](=O)[O-])cc3)c2)cc1OC. The van der Waals surface area contributed by atoms with E-state index in [1.807, 2.05) is 6.07 Å². The van der Waals surface area contributed by atoms with Gasteiger partial charge in [-0.1, -0.05) is 6.07 Å². The van der Waals surface area contributed by atoms with Crippen LogP contribution in [0.4, 0.5) is 17.1 Å². The zero-order chi connectivity index (χ0) is 23.8. The number of hydrogen-bond donors (Lipinski definition) is 2. The summed E-state index contributed by atoms with van der Waals surface area (Å²) < 4.78 is 10.4. The highest BCUT2D eigenvalue weighted by molar-refractivity contribution is 8.00. The molecule has 0 unspecified atom stereocenters. The van der Waals surface area contributed by atoms with Crippen molar-refractivity contribution in [1.29, 1.82) is 0 Å². The number of hydrogen-bond acceptors (Lipinski definition) is 7. The van der Waals surface area contributed by atoms with Gasteiger partial charge in [-0.3, -0.25) is 19.7 Å². The quantitative estimate of drug-likeness (QED) is 0.268. The van der Waals surface area contributed by atoms with Crippen LogP contribution in [0.5, 0.6) is 11.5 Å². The van der Waals surface area contributed by atoms with Gasteiger partial charge < -0.3 is 20.1 Å². The van der Waals surface area contributed by atoms with Crippen molar-refractivity contribution in [3.05, 3.63) is 82.4 Å². The van der Waals surface area contributed by atoms with Gasteiger partial charge in [0.25, 0.3) is 11.6 Å². The van der Waals surface area contributed by atoms with E-state index < -0.39 is 4.92 Å². The molecule has 0 aromatic heterocycles. The minimum absolute atomic E-state index is 0.0469. The molecule has 33 heavy (non-hydrogen) atoms. The third kappa shape index (κ3) is 6.47. The lowest BCUT2D eigenvalue weighted by atomic mass is 10.2. The maximum absolute atomic E-state index is 12.6. The molecular formula is C23H21N3O6S. The van der Waals surface area contributed by atoms with Crippen molar-refractivity contribution in [2.24, 2.45) is 0 Å². The molecule has 0 aliphatic rings. The molecule has 0 saturated heterocycles. The molecule has 0 radical (unpaired) electrons. The second-order valence-corrected chi connectivity index (χ2v) is 7.74. The van der Waals surface area contributed by atoms with Crippen LogP contribution in [0.25, 0.3) is 0 Å². The Morgan fingerprint density at radius 3 is 2.30 bits per heavy atom. The number of nitro benzene ring substituents is 1. The Hall–Kier alpha value is -4.05. The number of nitrogens with zero attached hydrogens (tertiary/aromatic N) is 1. The average Bonchev–Trinajstić information content (AvgIpc) is 2.82. The van der Waals surface area contributed by atoms with Crippen molar-refractivity contribution in [1.82, 2.24) is 0 Å². The summed E-state index contributed by atoms with van der Waals surface area (Å²) >= 11 is 1.30. The molecule has 0 saturated carbocycles. The number of nitrogens with one attached hydrogen (secondary N) is 2. The van der Waals surface area contributed by atoms with Crippen molar-refractivity contribution in [3.63, 3.8) is 0 Å². The highest BCUT2D eigenvalue weighted by Crippen LogP contribution is 2.28. The van der Waals surface area contributed by atoms with E-state index in [0.717, 1.165) is 4.90 Å². The van der Waals surface area contributed by atoms with E-state index in [1.165, 1.54) is 50.2 Å². The summed E-state index contributed by atoms with van der Waals surface area (Å²) in [5.74, 6) is 0.542. The second kappa shape index (κ2) is 11.0. The van der Waals surface area contributed by atoms with Gasteiger partial charge in [-0.2, -0.15) is 0 Å². The third-order valence-corrected chi connectivity index (χ3v) is 5.46. The van der Waals surface area contributed by atoms with Gasteiger partial charge in [0.2, 0.25) is 5.91 Å². The molecule has 0 atom stereocenters. The van der Waals surface area contributed by atoms with Gasteiger partial charge in [-0.25, -0.2) is 0 Å². The Morgan fingerprint density at radius 1 is 0.909 bits per heavy atom. The number of nitro groups is 1. The zero-order valence-electron chi connectivity index (χ0n) is 17.9. The number of methoxy groups -OCH3 is 2. The molecular weight excluding hydrogens is 446 g/mol. The first-order valence-corrected chi connectivity index (χ1v) is 10.7. The number of amides is 2. The van der Waals surface area contributed by atoms with Crippen molar-refractivity contribution in [2.75, 3.05) is 30.6 Å². The summed E-state index contributed by atoms with van der Waals surface area (Å²) in [7, 11) is 3.02. The molecule has 0 aliphatic carbocycles. The standard InChI is InChI=1S/C23H21N3O6S/c1-31-20-11-6-15(12-21(20)32-2)23(28)25-17-4-3-5-19(13-17)33-14-22(27)24-16-7-9-18(10-8-16)26(29)30/h3-13H,14H2,1-2H3,(H,24,27)(H,25,28). The Bertz CT molecular complexity index is 1170. The van der Waals surface area contributed by atoms with Crippen LogP contribution in [0.3, 0.4) is 0 Å². The number of thioether (sulfide) groups is 1. The summed E-state index contributed by atoms with van der Waals surface area (Å²) in [6, 6.07) is 17.6. The molecule has 9 nitrogen and oxygen atoms in total. The Balaban J connectivity index is 1.57. The third-order valence-electron chi connectivity index (χ3n) is 4.47. The fourth-order valence-corrected chi connectivity index (χ4v) is 3.61. The van der Waals surface area contributed by atoms with Crippen molar-refractivity contribution in [3.8, 4) is 11.5 Å². The van der Waals surface area contributed by atoms with E-state index in [0.29, 0.717) is 28.4 Å². The maximum Gasteiger partial charge on any atom is 0.269 e. The minimum Gasteiger partial charge on any atom is -0.493 e. The minimum atomic E-state index is -0.502. The van der Waals surface area contributed by atoms with Gasteiger partial charge in [0, 0.05) is 34.0 Å². The molecule has 0 aliphatic heterocycles. The van der Waals surface area contributed by atoms with Crippen LogP contribution >= 0.6 is 11.8 Å². The monoisotopic (exact) mass is 467 g/mol. The molecule has 2 amide bonds. The van der Waals surface area contributed by atoms with E-state index in [1.54, 1.807) is 36.4 Å². The lowest BCUT2D eigenvalue weighted by Gasteiger charge is -2.11. The van der Waals surface area contributed by atoms with Gasteiger partial charge >= 0.3 is 0 Å². The average molecular weight is 468 g/mol. The number of ether oxygens (including phenoxy) is 2. The molecule has 0 fully saturated rings. The number of non-ortho nitro benzene ring substituents is 1. The zero-order valence-corrected chi connectivity index (χ0v) is 18.7. The summed E-state index contributed by atoms with van der Waals surface area (Å²) in [5, 5.41) is 16.2. The molecule has 3 rings (SSSR count). The molecule has 0 heterocycles. The van der Waals surface area contributed by atoms with Gasteiger partial charge in [0.15, 0.2) is 11.5 Å². The highest BCUT2D eigenvalue weighted by Gasteiger charge is 2.12. The van der Waals surface area contributed by atoms with Crippen LogP contribution in [0.15, 0.2) is 71.6 Å². The van der Waals surface area contributed by atoms with E-state index in [4.69, 9.17) is 9.47 Å². The molecule has 3 aromatic rings. The predicted octanol–water partition coefficient (Wildman–Crippen LogP) is 4.60. The van der Waals surface area contributed by atoms with Crippen molar-refractivity contribution in [2.45, 2.75) is 4.90 Å². The molecule has 0 bridgehead atoms. The number of rotatable bonds is 9. The summed E-state index contributed by atoms with van der Waals surface area (Å²) in [4.78, 5) is 35.8. The van der Waals surface area contributed by atoms with E-state index in [9.17, 15) is 19.7 Å². The summed E-state index contributed by atoms with van der Waals surface area (Å²) in [6.07, 6.45) is 0. The summed E-state index contributed by atoms with van der Waals surface area (Å²) in [6.45, 7) is 0. The van der Waals surface area contributed by atoms with E-state index in [-0.39, 0.29) is 23.3 Å². The normalized spacial score (nSPS) is 10.2. The van der Waals surface area contributed by atoms with Crippen molar-refractivity contribution >= 4 is 40.6 Å². The fourth-order valence-electron chi connectivity index (χ4n) is 2.86. The molecule has 170 valence electrons. The maximum atomic E-state index is 12.6. The number of benzene rings is 3. The first kappa shape index (κ1) is 23.6. The number of carbonyl (C=O) groups is 2. The Kier molecular flexibility index (Phi) is 7.87. The number of carbonyl (C=O) groups excluding carboxylic acids is 2. The van der Waals surface area contributed by atoms with Gasteiger partial charge in [-0.15, -0.1) is 11.8 Å². The van der Waals surface area contributed by atoms with Gasteiger partial charge in [-0.05, 0) is 48.5 Å². The van der Waals surface area contributed by atoms with E-state index in [2.05, 4.69) is 10.6 Å². The van der Waals surface area contributed by atoms with Crippen LogP contribution in [0.1, 0.15) is 10.4 Å². The number of anilines is 2. The molecule has 2 N–H and O–H groups in total. The fraction of sp³-hybridized carbons (Fsp3) is 0.130. The highest BCUT2D eigenvalue weighted by atomic mass is 32.2. The van der Waals surface area contributed by atoms with Crippen LogP contribution in [-0.2, 0) is 4.79 Å². The Morgan fingerprint density at radius 2 is 1.64 bits per heavy atom. The van der Waals surface area contributed by atoms with Crippen LogP contribution in [0.2, 0.25) is 0 Å². The van der Waals surface area contributed by atoms with Gasteiger partial charge in [0.1, 0.15) is 0 Å².